The molecule has 0 aliphatic heterocycles. The Morgan fingerprint density at radius 1 is 1.07 bits per heavy atom. The summed E-state index contributed by atoms with van der Waals surface area (Å²) in [7, 11) is -3.40. The highest BCUT2D eigenvalue weighted by atomic mass is 32.2. The number of carbonyl (C=O) groups is 1. The van der Waals surface area contributed by atoms with Gasteiger partial charge in [-0.1, -0.05) is 24.3 Å². The van der Waals surface area contributed by atoms with Gasteiger partial charge in [-0.2, -0.15) is 13.2 Å². The first kappa shape index (κ1) is 20.8. The Kier molecular flexibility index (Phi) is 5.62. The molecule has 3 rings (SSSR count). The highest BCUT2D eigenvalue weighted by molar-refractivity contribution is 7.92. The van der Waals surface area contributed by atoms with Crippen molar-refractivity contribution in [3.63, 3.8) is 0 Å². The number of carbonyl (C=O) groups excluding carboxylic acids is 1. The van der Waals surface area contributed by atoms with Crippen molar-refractivity contribution in [3.05, 3.63) is 65.0 Å². The largest absolute Gasteiger partial charge is 0.417 e. The summed E-state index contributed by atoms with van der Waals surface area (Å²) in [6.07, 6.45) is -3.61. The Balaban J connectivity index is 1.77. The summed E-state index contributed by atoms with van der Waals surface area (Å²) in [5.41, 5.74) is -0.00300. The van der Waals surface area contributed by atoms with Crippen molar-refractivity contribution in [3.8, 4) is 11.3 Å². The second kappa shape index (κ2) is 7.84. The number of alkyl halides is 3. The molecule has 0 saturated heterocycles. The third-order valence-electron chi connectivity index (χ3n) is 3.69. The maximum absolute atomic E-state index is 13.1. The molecule has 0 atom stereocenters. The molecule has 152 valence electrons. The first-order valence-electron chi connectivity index (χ1n) is 8.04. The third-order valence-corrected chi connectivity index (χ3v) is 5.05. The summed E-state index contributed by atoms with van der Waals surface area (Å²) in [4.78, 5) is 16.5. The van der Waals surface area contributed by atoms with E-state index in [1.807, 2.05) is 0 Å². The molecule has 0 aliphatic carbocycles. The number of nitrogens with zero attached hydrogens (tertiary/aromatic N) is 1. The fraction of sp³-hybridized carbons (Fsp3) is 0.111. The molecule has 0 unspecified atom stereocenters. The summed E-state index contributed by atoms with van der Waals surface area (Å²) in [5.74, 6) is -0.911. The minimum Gasteiger partial charge on any atom is -0.298 e. The monoisotopic (exact) mass is 441 g/mol. The van der Waals surface area contributed by atoms with Crippen LogP contribution in [0.1, 0.15) is 15.9 Å². The summed E-state index contributed by atoms with van der Waals surface area (Å²) in [6.45, 7) is 0. The van der Waals surface area contributed by atoms with Crippen LogP contribution in [0.3, 0.4) is 0 Å². The Morgan fingerprint density at radius 2 is 1.72 bits per heavy atom. The minimum absolute atomic E-state index is 0.139. The molecule has 0 saturated carbocycles. The number of sulfonamides is 1. The van der Waals surface area contributed by atoms with Gasteiger partial charge in [-0.3, -0.25) is 14.8 Å². The van der Waals surface area contributed by atoms with Crippen LogP contribution < -0.4 is 10.0 Å². The molecule has 6 nitrogen and oxygen atoms in total. The Hall–Kier alpha value is -2.92. The van der Waals surface area contributed by atoms with Gasteiger partial charge in [0.05, 0.1) is 23.1 Å². The van der Waals surface area contributed by atoms with Gasteiger partial charge < -0.3 is 0 Å². The van der Waals surface area contributed by atoms with E-state index < -0.39 is 33.2 Å². The predicted molar refractivity (Wildman–Crippen MR) is 105 cm³/mol. The van der Waals surface area contributed by atoms with Gasteiger partial charge >= 0.3 is 6.18 Å². The molecular formula is C18H14F3N3O3S2. The van der Waals surface area contributed by atoms with E-state index in [1.165, 1.54) is 12.1 Å². The van der Waals surface area contributed by atoms with Crippen LogP contribution in [0.25, 0.3) is 11.3 Å². The molecule has 0 aliphatic rings. The molecule has 0 bridgehead atoms. The lowest BCUT2D eigenvalue weighted by Crippen LogP contribution is -2.18. The van der Waals surface area contributed by atoms with E-state index >= 15 is 0 Å². The van der Waals surface area contributed by atoms with Crippen molar-refractivity contribution >= 4 is 38.1 Å². The van der Waals surface area contributed by atoms with E-state index in [1.54, 1.807) is 29.6 Å². The number of anilines is 2. The molecule has 1 aromatic heterocycles. The zero-order valence-corrected chi connectivity index (χ0v) is 16.5. The van der Waals surface area contributed by atoms with Gasteiger partial charge in [0.1, 0.15) is 0 Å². The maximum Gasteiger partial charge on any atom is 0.417 e. The number of benzene rings is 2. The van der Waals surface area contributed by atoms with Crippen molar-refractivity contribution in [1.82, 2.24) is 4.98 Å². The van der Waals surface area contributed by atoms with Crippen molar-refractivity contribution in [2.75, 3.05) is 16.3 Å². The SMILES string of the molecule is CS(=O)(=O)Nc1ccc(-c2csc(NC(=O)c3ccccc3C(F)(F)F)n2)cc1. The first-order chi connectivity index (χ1) is 13.5. The molecule has 2 aromatic carbocycles. The van der Waals surface area contributed by atoms with E-state index in [4.69, 9.17) is 0 Å². The molecule has 0 fully saturated rings. The second-order valence-corrected chi connectivity index (χ2v) is 8.59. The van der Waals surface area contributed by atoms with E-state index in [0.717, 1.165) is 29.7 Å². The molecule has 1 amide bonds. The van der Waals surface area contributed by atoms with Crippen LogP contribution in [0.2, 0.25) is 0 Å². The average Bonchev–Trinajstić information content (AvgIpc) is 3.08. The number of amides is 1. The van der Waals surface area contributed by atoms with E-state index in [-0.39, 0.29) is 5.13 Å². The van der Waals surface area contributed by atoms with Gasteiger partial charge in [-0.05, 0) is 24.3 Å². The standard InChI is InChI=1S/C18H14F3N3O3S2/c1-29(26,27)24-12-8-6-11(7-9-12)15-10-28-17(22-15)23-16(25)13-4-2-3-5-14(13)18(19,20)21/h2-10,24H,1H3,(H,22,23,25). The Bertz CT molecular complexity index is 1140. The number of hydrogen-bond acceptors (Lipinski definition) is 5. The number of nitrogens with one attached hydrogen (secondary N) is 2. The third kappa shape index (κ3) is 5.33. The van der Waals surface area contributed by atoms with E-state index in [9.17, 15) is 26.4 Å². The van der Waals surface area contributed by atoms with Crippen molar-refractivity contribution < 1.29 is 26.4 Å². The quantitative estimate of drug-likeness (QED) is 0.612. The lowest BCUT2D eigenvalue weighted by atomic mass is 10.1. The fourth-order valence-corrected chi connectivity index (χ4v) is 3.76. The van der Waals surface area contributed by atoms with Crippen LogP contribution in [0.4, 0.5) is 24.0 Å². The molecule has 3 aromatic rings. The first-order valence-corrected chi connectivity index (χ1v) is 10.8. The van der Waals surface area contributed by atoms with Gasteiger partial charge in [0.15, 0.2) is 5.13 Å². The molecular weight excluding hydrogens is 427 g/mol. The van der Waals surface area contributed by atoms with Gasteiger partial charge in [0, 0.05) is 16.6 Å². The highest BCUT2D eigenvalue weighted by Gasteiger charge is 2.34. The lowest BCUT2D eigenvalue weighted by molar-refractivity contribution is -0.137. The molecule has 29 heavy (non-hydrogen) atoms. The van der Waals surface area contributed by atoms with Gasteiger partial charge in [-0.25, -0.2) is 13.4 Å². The summed E-state index contributed by atoms with van der Waals surface area (Å²) in [6, 6.07) is 10.9. The molecule has 0 radical (unpaired) electrons. The normalized spacial score (nSPS) is 11.9. The van der Waals surface area contributed by atoms with Crippen LogP contribution >= 0.6 is 11.3 Å². The summed E-state index contributed by atoms with van der Waals surface area (Å²) < 4.78 is 64.0. The smallest absolute Gasteiger partial charge is 0.298 e. The van der Waals surface area contributed by atoms with Crippen molar-refractivity contribution in [1.29, 1.82) is 0 Å². The number of rotatable bonds is 5. The molecule has 1 heterocycles. The van der Waals surface area contributed by atoms with Crippen molar-refractivity contribution in [2.45, 2.75) is 6.18 Å². The van der Waals surface area contributed by atoms with Crippen LogP contribution in [0, 0.1) is 0 Å². The van der Waals surface area contributed by atoms with Crippen LogP contribution in [0.5, 0.6) is 0 Å². The maximum atomic E-state index is 13.1. The zero-order chi connectivity index (χ0) is 21.2. The van der Waals surface area contributed by atoms with Gasteiger partial charge in [0.2, 0.25) is 10.0 Å². The average molecular weight is 441 g/mol. The Morgan fingerprint density at radius 3 is 2.34 bits per heavy atom. The Labute approximate surface area is 168 Å². The second-order valence-electron chi connectivity index (χ2n) is 5.99. The van der Waals surface area contributed by atoms with Gasteiger partial charge in [0.25, 0.3) is 5.91 Å². The van der Waals surface area contributed by atoms with Gasteiger partial charge in [-0.15, -0.1) is 11.3 Å². The lowest BCUT2D eigenvalue weighted by Gasteiger charge is -2.11. The van der Waals surface area contributed by atoms with E-state index in [0.29, 0.717) is 16.9 Å². The van der Waals surface area contributed by atoms with Crippen LogP contribution in [-0.2, 0) is 16.2 Å². The number of hydrogen-bond donors (Lipinski definition) is 2. The molecule has 11 heteroatoms. The van der Waals surface area contributed by atoms with Crippen LogP contribution in [-0.4, -0.2) is 25.6 Å². The summed E-state index contributed by atoms with van der Waals surface area (Å²) in [5, 5.41) is 4.15. The topological polar surface area (TPSA) is 88.2 Å². The number of halogens is 3. The number of thiazole rings is 1. The molecule has 2 N–H and O–H groups in total. The predicted octanol–water partition coefficient (Wildman–Crippen LogP) is 4.45. The minimum atomic E-state index is -4.65. The van der Waals surface area contributed by atoms with E-state index in [2.05, 4.69) is 15.0 Å². The number of aromatic nitrogens is 1. The summed E-state index contributed by atoms with van der Waals surface area (Å²) >= 11 is 1.06. The fourth-order valence-electron chi connectivity index (χ4n) is 2.48. The van der Waals surface area contributed by atoms with Crippen molar-refractivity contribution in [2.24, 2.45) is 0 Å². The van der Waals surface area contributed by atoms with Crippen LogP contribution in [0.15, 0.2) is 53.9 Å². The highest BCUT2D eigenvalue weighted by Crippen LogP contribution is 2.32. The molecule has 0 spiro atoms. The zero-order valence-electron chi connectivity index (χ0n) is 14.8.